The van der Waals surface area contributed by atoms with Crippen molar-refractivity contribution >= 4 is 53.5 Å². The summed E-state index contributed by atoms with van der Waals surface area (Å²) in [6.45, 7) is 8.77. The number of thioether (sulfide) groups is 1. The summed E-state index contributed by atoms with van der Waals surface area (Å²) in [5.41, 5.74) is 10.6. The van der Waals surface area contributed by atoms with E-state index in [1.807, 2.05) is 20.1 Å². The van der Waals surface area contributed by atoms with Crippen LogP contribution >= 0.6 is 36.6 Å². The van der Waals surface area contributed by atoms with Crippen molar-refractivity contribution in [3.8, 4) is 0 Å². The maximum absolute atomic E-state index is 12.1. The van der Waals surface area contributed by atoms with Gasteiger partial charge in [-0.3, -0.25) is 4.79 Å². The Morgan fingerprint density at radius 3 is 2.62 bits per heavy atom. The first kappa shape index (κ1) is 25.1. The molecule has 0 aliphatic heterocycles. The fourth-order valence-electron chi connectivity index (χ4n) is 2.50. The van der Waals surface area contributed by atoms with E-state index in [1.165, 1.54) is 11.1 Å². The van der Waals surface area contributed by atoms with E-state index in [2.05, 4.69) is 41.3 Å². The number of hydrogen-bond donors (Lipinski definition) is 3. The standard InChI is InChI=1S/C18H28N4OS.2ClH/c1-11-8-9-13-15(12(11)2)22-14(21-13)7-6-10-20-17(23)16(19)18(3,4)24-5;;/h8-9,16H,6-7,10,19H2,1-5H3,(H,20,23)(H,21,22);2*1H/t16-;;/m1../s1. The molecule has 0 saturated heterocycles. The van der Waals surface area contributed by atoms with Crippen molar-refractivity contribution in [3.05, 3.63) is 29.1 Å². The average molecular weight is 421 g/mol. The Hall–Kier alpha value is -0.950. The normalized spacial score (nSPS) is 12.2. The molecule has 148 valence electrons. The Morgan fingerprint density at radius 2 is 2.00 bits per heavy atom. The summed E-state index contributed by atoms with van der Waals surface area (Å²) in [5, 5.41) is 2.93. The van der Waals surface area contributed by atoms with Gasteiger partial charge in [0.15, 0.2) is 0 Å². The van der Waals surface area contributed by atoms with Crippen molar-refractivity contribution in [2.75, 3.05) is 12.8 Å². The number of benzene rings is 1. The fourth-order valence-corrected chi connectivity index (χ4v) is 2.86. The van der Waals surface area contributed by atoms with Gasteiger partial charge >= 0.3 is 0 Å². The summed E-state index contributed by atoms with van der Waals surface area (Å²) < 4.78 is -0.266. The second kappa shape index (κ2) is 10.4. The number of aromatic nitrogens is 2. The predicted molar refractivity (Wildman–Crippen MR) is 117 cm³/mol. The van der Waals surface area contributed by atoms with Crippen LogP contribution < -0.4 is 11.1 Å². The van der Waals surface area contributed by atoms with Crippen molar-refractivity contribution < 1.29 is 4.79 Å². The van der Waals surface area contributed by atoms with E-state index in [-0.39, 0.29) is 35.5 Å². The number of halogens is 2. The number of carbonyl (C=O) groups excluding carboxylic acids is 1. The lowest BCUT2D eigenvalue weighted by Gasteiger charge is -2.28. The number of nitrogens with zero attached hydrogens (tertiary/aromatic N) is 1. The second-order valence-electron chi connectivity index (χ2n) is 6.77. The number of carbonyl (C=O) groups is 1. The molecule has 1 heterocycles. The highest BCUT2D eigenvalue weighted by atomic mass is 35.5. The number of nitrogens with one attached hydrogen (secondary N) is 2. The number of aryl methyl sites for hydroxylation is 3. The Morgan fingerprint density at radius 1 is 1.35 bits per heavy atom. The highest BCUT2D eigenvalue weighted by Crippen LogP contribution is 2.24. The summed E-state index contributed by atoms with van der Waals surface area (Å²) in [6, 6.07) is 3.66. The number of rotatable bonds is 7. The molecule has 26 heavy (non-hydrogen) atoms. The van der Waals surface area contributed by atoms with Crippen molar-refractivity contribution in [2.24, 2.45) is 5.73 Å². The minimum atomic E-state index is -0.510. The first-order chi connectivity index (χ1) is 11.3. The van der Waals surface area contributed by atoms with Crippen LogP contribution in [0.1, 0.15) is 37.2 Å². The van der Waals surface area contributed by atoms with Crippen LogP contribution in [0.3, 0.4) is 0 Å². The molecule has 0 spiro atoms. The summed E-state index contributed by atoms with van der Waals surface area (Å²) in [5.74, 6) is 0.868. The van der Waals surface area contributed by atoms with Gasteiger partial charge < -0.3 is 16.0 Å². The van der Waals surface area contributed by atoms with Crippen LogP contribution in [0.2, 0.25) is 0 Å². The van der Waals surface area contributed by atoms with Gasteiger partial charge in [0.05, 0.1) is 17.1 Å². The molecule has 1 aromatic carbocycles. The quantitative estimate of drug-likeness (QED) is 0.597. The molecule has 1 atom stereocenters. The highest BCUT2D eigenvalue weighted by Gasteiger charge is 2.30. The third-order valence-corrected chi connectivity index (χ3v) is 5.98. The Kier molecular flexibility index (Phi) is 10.0. The van der Waals surface area contributed by atoms with Crippen molar-refractivity contribution in [1.29, 1.82) is 0 Å². The molecule has 0 bridgehead atoms. The van der Waals surface area contributed by atoms with E-state index >= 15 is 0 Å². The van der Waals surface area contributed by atoms with Gasteiger partial charge in [0.25, 0.3) is 0 Å². The van der Waals surface area contributed by atoms with Crippen molar-refractivity contribution in [1.82, 2.24) is 15.3 Å². The molecule has 1 amide bonds. The van der Waals surface area contributed by atoms with E-state index in [0.29, 0.717) is 6.54 Å². The molecule has 0 unspecified atom stereocenters. The highest BCUT2D eigenvalue weighted by molar-refractivity contribution is 8.00. The molecule has 0 saturated carbocycles. The van der Waals surface area contributed by atoms with E-state index in [1.54, 1.807) is 11.8 Å². The summed E-state index contributed by atoms with van der Waals surface area (Å²) in [4.78, 5) is 20.1. The zero-order chi connectivity index (χ0) is 17.9. The molecular formula is C18H30Cl2N4OS. The lowest BCUT2D eigenvalue weighted by molar-refractivity contribution is -0.122. The van der Waals surface area contributed by atoms with Gasteiger partial charge in [0.2, 0.25) is 5.91 Å². The Labute approximate surface area is 172 Å². The molecule has 0 radical (unpaired) electrons. The second-order valence-corrected chi connectivity index (χ2v) is 8.23. The summed E-state index contributed by atoms with van der Waals surface area (Å²) in [7, 11) is 0. The molecule has 5 nitrogen and oxygen atoms in total. The minimum absolute atomic E-state index is 0. The smallest absolute Gasteiger partial charge is 0.238 e. The van der Waals surface area contributed by atoms with E-state index < -0.39 is 6.04 Å². The number of amides is 1. The van der Waals surface area contributed by atoms with E-state index in [0.717, 1.165) is 29.7 Å². The lowest BCUT2D eigenvalue weighted by Crippen LogP contribution is -2.52. The molecule has 8 heteroatoms. The zero-order valence-corrected chi connectivity index (χ0v) is 18.5. The number of nitrogens with two attached hydrogens (primary N) is 1. The van der Waals surface area contributed by atoms with Crippen LogP contribution in [-0.4, -0.2) is 39.5 Å². The first-order valence-electron chi connectivity index (χ1n) is 8.29. The van der Waals surface area contributed by atoms with Crippen LogP contribution in [0.5, 0.6) is 0 Å². The molecule has 1 aromatic heterocycles. The molecular weight excluding hydrogens is 391 g/mol. The maximum atomic E-state index is 12.1. The number of imidazole rings is 1. The predicted octanol–water partition coefficient (Wildman–Crippen LogP) is 3.54. The van der Waals surface area contributed by atoms with Gasteiger partial charge in [0.1, 0.15) is 5.82 Å². The topological polar surface area (TPSA) is 83.8 Å². The fraction of sp³-hybridized carbons (Fsp3) is 0.556. The van der Waals surface area contributed by atoms with Crippen LogP contribution in [0.15, 0.2) is 12.1 Å². The van der Waals surface area contributed by atoms with Crippen LogP contribution in [-0.2, 0) is 11.2 Å². The molecule has 2 rings (SSSR count). The van der Waals surface area contributed by atoms with Crippen LogP contribution in [0, 0.1) is 13.8 Å². The van der Waals surface area contributed by atoms with Gasteiger partial charge in [-0.2, -0.15) is 11.8 Å². The summed E-state index contributed by atoms with van der Waals surface area (Å²) >= 11 is 1.60. The van der Waals surface area contributed by atoms with E-state index in [9.17, 15) is 4.79 Å². The zero-order valence-electron chi connectivity index (χ0n) is 16.0. The molecule has 2 aromatic rings. The molecule has 4 N–H and O–H groups in total. The maximum Gasteiger partial charge on any atom is 0.238 e. The van der Waals surface area contributed by atoms with Gasteiger partial charge in [0, 0.05) is 17.7 Å². The molecule has 0 aliphatic carbocycles. The number of aromatic amines is 1. The largest absolute Gasteiger partial charge is 0.355 e. The number of H-pyrrole nitrogens is 1. The lowest BCUT2D eigenvalue weighted by atomic mass is 10.0. The SMILES string of the molecule is CSC(C)(C)[C@H](N)C(=O)NCCCc1nc2c(C)c(C)ccc2[nH]1.Cl.Cl. The number of hydrogen-bond acceptors (Lipinski definition) is 4. The van der Waals surface area contributed by atoms with Crippen LogP contribution in [0.25, 0.3) is 11.0 Å². The van der Waals surface area contributed by atoms with E-state index in [4.69, 9.17) is 5.73 Å². The minimum Gasteiger partial charge on any atom is -0.355 e. The van der Waals surface area contributed by atoms with Gasteiger partial charge in [-0.15, -0.1) is 24.8 Å². The number of fused-ring (bicyclic) bond motifs is 1. The van der Waals surface area contributed by atoms with Crippen molar-refractivity contribution in [2.45, 2.75) is 51.3 Å². The average Bonchev–Trinajstić information content (AvgIpc) is 2.98. The summed E-state index contributed by atoms with van der Waals surface area (Å²) in [6.07, 6.45) is 3.60. The first-order valence-corrected chi connectivity index (χ1v) is 9.52. The van der Waals surface area contributed by atoms with Gasteiger partial charge in [-0.25, -0.2) is 4.98 Å². The third-order valence-electron chi connectivity index (χ3n) is 4.67. The van der Waals surface area contributed by atoms with Gasteiger partial charge in [-0.1, -0.05) is 6.07 Å². The van der Waals surface area contributed by atoms with Gasteiger partial charge in [-0.05, 0) is 57.6 Å². The molecule has 0 fully saturated rings. The molecule has 0 aliphatic rings. The van der Waals surface area contributed by atoms with Crippen molar-refractivity contribution in [3.63, 3.8) is 0 Å². The Balaban J connectivity index is 0.00000312. The third kappa shape index (κ3) is 5.78. The Bertz CT molecular complexity index is 733. The monoisotopic (exact) mass is 420 g/mol. The van der Waals surface area contributed by atoms with Crippen LogP contribution in [0.4, 0.5) is 0 Å².